The molecule has 1 aromatic rings. The highest BCUT2D eigenvalue weighted by atomic mass is 35.5. The van der Waals surface area contributed by atoms with Crippen LogP contribution in [0, 0.1) is 5.92 Å². The van der Waals surface area contributed by atoms with Crippen LogP contribution in [0.2, 0.25) is 5.02 Å². The third-order valence-corrected chi connectivity index (χ3v) is 6.41. The maximum atomic E-state index is 13.0. The number of ether oxygens (including phenoxy) is 2. The number of piperidine rings is 3. The van der Waals surface area contributed by atoms with Crippen molar-refractivity contribution in [3.05, 3.63) is 22.2 Å². The lowest BCUT2D eigenvalue weighted by Gasteiger charge is -2.45. The predicted octanol–water partition coefficient (Wildman–Crippen LogP) is 4.30. The average Bonchev–Trinajstić information content (AvgIpc) is 2.77. The summed E-state index contributed by atoms with van der Waals surface area (Å²) < 4.78 is 10.1. The van der Waals surface area contributed by atoms with E-state index >= 15 is 0 Å². The molecule has 1 amide bonds. The zero-order valence-corrected chi connectivity index (χ0v) is 19.7. The molecule has 5 rings (SSSR count). The molecule has 0 saturated carbocycles. The smallest absolute Gasteiger partial charge is 0.403 e. The standard InChI is InChI=1S/C19H26ClN3O2.C3H5ClO2/c1-2-25-18-13-4-3-7-21-17(13)15(20)10-14(18)19(24)22-16-11-23-8-5-12(16)6-9-23;1-2-6-3(4)5/h10,12,16,21H,2-9,11H2,1H3,(H,22,24);2H2,1H3. The number of nitrogens with one attached hydrogen (secondary N) is 2. The van der Waals surface area contributed by atoms with Gasteiger partial charge >= 0.3 is 5.43 Å². The van der Waals surface area contributed by atoms with Crippen molar-refractivity contribution in [1.82, 2.24) is 10.2 Å². The lowest BCUT2D eigenvalue weighted by atomic mass is 9.84. The minimum atomic E-state index is -0.738. The molecule has 3 saturated heterocycles. The molecule has 2 bridgehead atoms. The fourth-order valence-electron chi connectivity index (χ4n) is 4.56. The zero-order valence-electron chi connectivity index (χ0n) is 18.1. The van der Waals surface area contributed by atoms with E-state index in [9.17, 15) is 9.59 Å². The summed E-state index contributed by atoms with van der Waals surface area (Å²) in [6.07, 6.45) is 4.27. The lowest BCUT2D eigenvalue weighted by molar-refractivity contribution is 0.0618. The Labute approximate surface area is 193 Å². The van der Waals surface area contributed by atoms with Gasteiger partial charge in [0.1, 0.15) is 5.75 Å². The molecule has 0 aliphatic carbocycles. The largest absolute Gasteiger partial charge is 0.493 e. The van der Waals surface area contributed by atoms with Crippen molar-refractivity contribution in [2.24, 2.45) is 5.92 Å². The second-order valence-electron chi connectivity index (χ2n) is 7.94. The van der Waals surface area contributed by atoms with Gasteiger partial charge in [-0.25, -0.2) is 4.79 Å². The fraction of sp³-hybridized carbons (Fsp3) is 0.636. The molecule has 0 radical (unpaired) electrons. The van der Waals surface area contributed by atoms with E-state index in [0.717, 1.165) is 50.3 Å². The fourth-order valence-corrected chi connectivity index (χ4v) is 4.96. The molecule has 4 aliphatic heterocycles. The number of fused-ring (bicyclic) bond motifs is 4. The van der Waals surface area contributed by atoms with E-state index in [-0.39, 0.29) is 11.9 Å². The molecular formula is C22H31Cl2N3O4. The summed E-state index contributed by atoms with van der Waals surface area (Å²) in [5.74, 6) is 1.24. The van der Waals surface area contributed by atoms with E-state index in [4.69, 9.17) is 27.9 Å². The van der Waals surface area contributed by atoms with Gasteiger partial charge in [0.2, 0.25) is 0 Å². The number of hydrogen-bond donors (Lipinski definition) is 2. The molecule has 2 N–H and O–H groups in total. The Hall–Kier alpha value is -1.70. The summed E-state index contributed by atoms with van der Waals surface area (Å²) >= 11 is 11.2. The SMILES string of the molecule is CCOC(=O)Cl.CCOc1c(C(=O)NC2CN3CCC2CC3)cc(Cl)c2c1CCCN2. The van der Waals surface area contributed by atoms with Crippen LogP contribution in [-0.4, -0.2) is 61.7 Å². The summed E-state index contributed by atoms with van der Waals surface area (Å²) in [6.45, 7) is 8.72. The predicted molar refractivity (Wildman–Crippen MR) is 123 cm³/mol. The van der Waals surface area contributed by atoms with E-state index in [0.29, 0.717) is 35.5 Å². The maximum absolute atomic E-state index is 13.0. The molecular weight excluding hydrogens is 441 g/mol. The number of halogens is 2. The molecule has 0 spiro atoms. The number of carbonyl (C=O) groups is 2. The highest BCUT2D eigenvalue weighted by Gasteiger charge is 2.35. The van der Waals surface area contributed by atoms with Gasteiger partial charge in [-0.15, -0.1) is 0 Å². The van der Waals surface area contributed by atoms with E-state index in [1.807, 2.05) is 6.92 Å². The first-order valence-corrected chi connectivity index (χ1v) is 11.8. The van der Waals surface area contributed by atoms with Gasteiger partial charge in [0.15, 0.2) is 0 Å². The number of nitrogens with zero attached hydrogens (tertiary/aromatic N) is 1. The van der Waals surface area contributed by atoms with Crippen LogP contribution >= 0.6 is 23.2 Å². The molecule has 4 aliphatic rings. The van der Waals surface area contributed by atoms with Crippen molar-refractivity contribution in [2.75, 3.05) is 44.7 Å². The van der Waals surface area contributed by atoms with Crippen LogP contribution in [0.15, 0.2) is 6.07 Å². The molecule has 9 heteroatoms. The number of benzene rings is 1. The Morgan fingerprint density at radius 1 is 1.26 bits per heavy atom. The van der Waals surface area contributed by atoms with Gasteiger partial charge in [0.05, 0.1) is 29.5 Å². The van der Waals surface area contributed by atoms with Crippen LogP contribution in [0.5, 0.6) is 5.75 Å². The van der Waals surface area contributed by atoms with Gasteiger partial charge in [0, 0.05) is 36.3 Å². The van der Waals surface area contributed by atoms with Crippen LogP contribution in [0.4, 0.5) is 10.5 Å². The minimum absolute atomic E-state index is 0.0579. The van der Waals surface area contributed by atoms with E-state index in [2.05, 4.69) is 20.3 Å². The van der Waals surface area contributed by atoms with Crippen LogP contribution in [-0.2, 0) is 11.2 Å². The van der Waals surface area contributed by atoms with Gasteiger partial charge in [-0.1, -0.05) is 11.6 Å². The molecule has 0 aromatic heterocycles. The minimum Gasteiger partial charge on any atom is -0.493 e. The topological polar surface area (TPSA) is 79.9 Å². The first kappa shape index (κ1) is 24.0. The van der Waals surface area contributed by atoms with Crippen LogP contribution in [0.3, 0.4) is 0 Å². The van der Waals surface area contributed by atoms with Gasteiger partial charge in [-0.2, -0.15) is 0 Å². The number of amides is 1. The molecule has 1 atom stereocenters. The van der Waals surface area contributed by atoms with Crippen molar-refractivity contribution in [2.45, 2.75) is 45.6 Å². The number of rotatable bonds is 5. The lowest BCUT2D eigenvalue weighted by Crippen LogP contribution is -2.57. The Balaban J connectivity index is 0.000000401. The second kappa shape index (κ2) is 11.2. The molecule has 7 nitrogen and oxygen atoms in total. The number of carbonyl (C=O) groups excluding carboxylic acids is 2. The number of anilines is 1. The summed E-state index contributed by atoms with van der Waals surface area (Å²) in [6, 6.07) is 2.00. The normalized spacial score (nSPS) is 23.5. The molecule has 4 heterocycles. The molecule has 3 fully saturated rings. The van der Waals surface area contributed by atoms with Crippen LogP contribution in [0.1, 0.15) is 49.0 Å². The van der Waals surface area contributed by atoms with Crippen molar-refractivity contribution >= 4 is 40.2 Å². The first-order valence-electron chi connectivity index (χ1n) is 11.0. The van der Waals surface area contributed by atoms with Crippen molar-refractivity contribution in [1.29, 1.82) is 0 Å². The van der Waals surface area contributed by atoms with Crippen LogP contribution in [0.25, 0.3) is 0 Å². The highest BCUT2D eigenvalue weighted by molar-refractivity contribution is 6.61. The Kier molecular flexibility index (Phi) is 8.69. The zero-order chi connectivity index (χ0) is 22.4. The van der Waals surface area contributed by atoms with Gasteiger partial charge < -0.3 is 25.0 Å². The molecule has 31 heavy (non-hydrogen) atoms. The third-order valence-electron chi connectivity index (χ3n) is 6.00. The van der Waals surface area contributed by atoms with E-state index in [1.165, 1.54) is 12.8 Å². The summed E-state index contributed by atoms with van der Waals surface area (Å²) in [7, 11) is 0. The average molecular weight is 472 g/mol. The monoisotopic (exact) mass is 471 g/mol. The van der Waals surface area contributed by atoms with Crippen molar-refractivity contribution < 1.29 is 19.1 Å². The van der Waals surface area contributed by atoms with Gasteiger partial charge in [0.25, 0.3) is 5.91 Å². The first-order chi connectivity index (χ1) is 14.9. The summed E-state index contributed by atoms with van der Waals surface area (Å²) in [4.78, 5) is 25.1. The second-order valence-corrected chi connectivity index (χ2v) is 8.66. The van der Waals surface area contributed by atoms with Crippen LogP contribution < -0.4 is 15.4 Å². The Bertz CT molecular complexity index is 797. The molecule has 1 unspecified atom stereocenters. The number of hydrogen-bond acceptors (Lipinski definition) is 6. The van der Waals surface area contributed by atoms with Crippen molar-refractivity contribution in [3.63, 3.8) is 0 Å². The third kappa shape index (κ3) is 5.96. The molecule has 172 valence electrons. The van der Waals surface area contributed by atoms with E-state index in [1.54, 1.807) is 13.0 Å². The van der Waals surface area contributed by atoms with Gasteiger partial charge in [-0.3, -0.25) is 4.79 Å². The molecule has 1 aromatic carbocycles. The summed E-state index contributed by atoms with van der Waals surface area (Å²) in [5, 5.41) is 7.22. The highest BCUT2D eigenvalue weighted by Crippen LogP contribution is 2.40. The van der Waals surface area contributed by atoms with Gasteiger partial charge in [-0.05, 0) is 64.6 Å². The Morgan fingerprint density at radius 3 is 2.55 bits per heavy atom. The maximum Gasteiger partial charge on any atom is 0.403 e. The van der Waals surface area contributed by atoms with Crippen molar-refractivity contribution in [3.8, 4) is 5.75 Å². The van der Waals surface area contributed by atoms with E-state index < -0.39 is 5.43 Å². The Morgan fingerprint density at radius 2 is 2.00 bits per heavy atom. The quantitative estimate of drug-likeness (QED) is 0.622. The summed E-state index contributed by atoms with van der Waals surface area (Å²) in [5.41, 5.74) is 1.80.